The SMILES string of the molecule is CN=C(NCC1(C)CCCC1)N1CCN(CC(=O)N2CCCC2)CC1.I. The molecule has 0 aromatic heterocycles. The van der Waals surface area contributed by atoms with Crippen LogP contribution in [0.5, 0.6) is 0 Å². The van der Waals surface area contributed by atoms with Crippen molar-refractivity contribution in [3.8, 4) is 0 Å². The maximum Gasteiger partial charge on any atom is 0.236 e. The first-order valence-corrected chi connectivity index (χ1v) is 10.1. The molecule has 1 amide bonds. The molecule has 150 valence electrons. The maximum atomic E-state index is 12.3. The standard InChI is InChI=1S/C19H35N5O.HI/c1-19(7-3-4-8-19)16-21-18(20-2)24-13-11-22(12-14-24)15-17(25)23-9-5-6-10-23;/h3-16H2,1-2H3,(H,20,21);1H. The molecular formula is C19H36IN5O. The number of piperazine rings is 1. The molecule has 3 rings (SSSR count). The smallest absolute Gasteiger partial charge is 0.236 e. The summed E-state index contributed by atoms with van der Waals surface area (Å²) < 4.78 is 0. The summed E-state index contributed by atoms with van der Waals surface area (Å²) in [4.78, 5) is 23.5. The third kappa shape index (κ3) is 5.71. The molecule has 0 atom stereocenters. The molecule has 1 aliphatic carbocycles. The van der Waals surface area contributed by atoms with Crippen LogP contribution in [0.2, 0.25) is 0 Å². The van der Waals surface area contributed by atoms with E-state index in [1.807, 2.05) is 11.9 Å². The number of carbonyl (C=O) groups excluding carboxylic acids is 1. The number of halogens is 1. The fraction of sp³-hybridized carbons (Fsp3) is 0.895. The summed E-state index contributed by atoms with van der Waals surface area (Å²) in [5.41, 5.74) is 0.430. The summed E-state index contributed by atoms with van der Waals surface area (Å²) in [6.07, 6.45) is 7.70. The molecule has 7 heteroatoms. The van der Waals surface area contributed by atoms with Crippen LogP contribution in [0.1, 0.15) is 45.4 Å². The van der Waals surface area contributed by atoms with Gasteiger partial charge in [0, 0.05) is 52.9 Å². The van der Waals surface area contributed by atoms with Crippen LogP contribution in [-0.2, 0) is 4.79 Å². The third-order valence-electron chi connectivity index (χ3n) is 6.19. The lowest BCUT2D eigenvalue weighted by Gasteiger charge is -2.37. The Hall–Kier alpha value is -0.570. The maximum absolute atomic E-state index is 12.3. The van der Waals surface area contributed by atoms with Crippen molar-refractivity contribution in [3.63, 3.8) is 0 Å². The van der Waals surface area contributed by atoms with Gasteiger partial charge in [-0.05, 0) is 31.1 Å². The third-order valence-corrected chi connectivity index (χ3v) is 6.19. The van der Waals surface area contributed by atoms with Crippen molar-refractivity contribution in [2.24, 2.45) is 10.4 Å². The number of amides is 1. The molecule has 1 saturated carbocycles. The number of hydrogen-bond acceptors (Lipinski definition) is 3. The van der Waals surface area contributed by atoms with E-state index in [4.69, 9.17) is 0 Å². The van der Waals surface area contributed by atoms with Gasteiger partial charge in [0.15, 0.2) is 5.96 Å². The molecule has 0 spiro atoms. The molecule has 6 nitrogen and oxygen atoms in total. The largest absolute Gasteiger partial charge is 0.356 e. The Balaban J connectivity index is 0.00000243. The van der Waals surface area contributed by atoms with E-state index in [0.29, 0.717) is 17.9 Å². The van der Waals surface area contributed by atoms with E-state index < -0.39 is 0 Å². The Morgan fingerprint density at radius 3 is 2.15 bits per heavy atom. The monoisotopic (exact) mass is 477 g/mol. The second-order valence-corrected chi connectivity index (χ2v) is 8.27. The number of nitrogens with zero attached hydrogens (tertiary/aromatic N) is 4. The zero-order chi connectivity index (χ0) is 17.7. The van der Waals surface area contributed by atoms with Crippen LogP contribution in [-0.4, -0.2) is 86.0 Å². The summed E-state index contributed by atoms with van der Waals surface area (Å²) in [6.45, 7) is 9.68. The minimum atomic E-state index is 0. The van der Waals surface area contributed by atoms with Gasteiger partial charge >= 0.3 is 0 Å². The van der Waals surface area contributed by atoms with Crippen LogP contribution >= 0.6 is 24.0 Å². The van der Waals surface area contributed by atoms with Gasteiger partial charge < -0.3 is 15.1 Å². The summed E-state index contributed by atoms with van der Waals surface area (Å²) in [7, 11) is 1.88. The molecular weight excluding hydrogens is 441 g/mol. The van der Waals surface area contributed by atoms with Crippen molar-refractivity contribution in [2.75, 3.05) is 59.4 Å². The Labute approximate surface area is 175 Å². The molecule has 2 saturated heterocycles. The molecule has 3 fully saturated rings. The van der Waals surface area contributed by atoms with Crippen LogP contribution in [0.15, 0.2) is 4.99 Å². The van der Waals surface area contributed by atoms with Crippen molar-refractivity contribution in [1.29, 1.82) is 0 Å². The Kier molecular flexibility index (Phi) is 8.44. The van der Waals surface area contributed by atoms with Crippen molar-refractivity contribution >= 4 is 35.8 Å². The Morgan fingerprint density at radius 1 is 0.962 bits per heavy atom. The van der Waals surface area contributed by atoms with E-state index in [9.17, 15) is 4.79 Å². The minimum Gasteiger partial charge on any atom is -0.356 e. The van der Waals surface area contributed by atoms with Gasteiger partial charge in [-0.25, -0.2) is 0 Å². The fourth-order valence-electron chi connectivity index (χ4n) is 4.41. The minimum absolute atomic E-state index is 0. The number of carbonyl (C=O) groups is 1. The van der Waals surface area contributed by atoms with E-state index >= 15 is 0 Å². The number of rotatable bonds is 4. The van der Waals surface area contributed by atoms with Gasteiger partial charge in [0.05, 0.1) is 6.54 Å². The van der Waals surface area contributed by atoms with Crippen molar-refractivity contribution in [3.05, 3.63) is 0 Å². The first kappa shape index (κ1) is 21.7. The molecule has 0 aromatic carbocycles. The molecule has 2 aliphatic heterocycles. The number of hydrogen-bond donors (Lipinski definition) is 1. The summed E-state index contributed by atoms with van der Waals surface area (Å²) in [6, 6.07) is 0. The second-order valence-electron chi connectivity index (χ2n) is 8.27. The van der Waals surface area contributed by atoms with Crippen LogP contribution < -0.4 is 5.32 Å². The lowest BCUT2D eigenvalue weighted by molar-refractivity contribution is -0.131. The van der Waals surface area contributed by atoms with E-state index in [1.165, 1.54) is 38.5 Å². The lowest BCUT2D eigenvalue weighted by atomic mass is 9.89. The Morgan fingerprint density at radius 2 is 1.58 bits per heavy atom. The topological polar surface area (TPSA) is 51.2 Å². The molecule has 0 bridgehead atoms. The van der Waals surface area contributed by atoms with Gasteiger partial charge in [0.1, 0.15) is 0 Å². The molecule has 0 radical (unpaired) electrons. The average molecular weight is 477 g/mol. The van der Waals surface area contributed by atoms with Crippen molar-refractivity contribution in [1.82, 2.24) is 20.0 Å². The highest BCUT2D eigenvalue weighted by molar-refractivity contribution is 14.0. The normalized spacial score (nSPS) is 23.8. The van der Waals surface area contributed by atoms with E-state index in [1.54, 1.807) is 0 Å². The molecule has 0 aromatic rings. The highest BCUT2D eigenvalue weighted by atomic mass is 127. The molecule has 2 heterocycles. The number of aliphatic imine (C=N–C) groups is 1. The van der Waals surface area contributed by atoms with Crippen LogP contribution in [0, 0.1) is 5.41 Å². The predicted octanol–water partition coefficient (Wildman–Crippen LogP) is 2.00. The first-order valence-electron chi connectivity index (χ1n) is 10.1. The van der Waals surface area contributed by atoms with Crippen LogP contribution in [0.4, 0.5) is 0 Å². The summed E-state index contributed by atoms with van der Waals surface area (Å²) in [5.74, 6) is 1.33. The zero-order valence-corrected chi connectivity index (χ0v) is 18.8. The highest BCUT2D eigenvalue weighted by Gasteiger charge is 2.30. The van der Waals surface area contributed by atoms with Crippen molar-refractivity contribution < 1.29 is 4.79 Å². The van der Waals surface area contributed by atoms with Crippen molar-refractivity contribution in [2.45, 2.75) is 45.4 Å². The molecule has 3 aliphatic rings. The summed E-state index contributed by atoms with van der Waals surface area (Å²) >= 11 is 0. The number of guanidine groups is 1. The number of nitrogens with one attached hydrogen (secondary N) is 1. The summed E-state index contributed by atoms with van der Waals surface area (Å²) in [5, 5.41) is 3.60. The van der Waals surface area contributed by atoms with E-state index in [0.717, 1.165) is 51.8 Å². The molecule has 26 heavy (non-hydrogen) atoms. The highest BCUT2D eigenvalue weighted by Crippen LogP contribution is 2.36. The van der Waals surface area contributed by atoms with Gasteiger partial charge in [-0.2, -0.15) is 0 Å². The van der Waals surface area contributed by atoms with Gasteiger partial charge in [0.2, 0.25) is 5.91 Å². The quantitative estimate of drug-likeness (QED) is 0.383. The average Bonchev–Trinajstić information content (AvgIpc) is 3.29. The number of likely N-dealkylation sites (tertiary alicyclic amines) is 1. The van der Waals surface area contributed by atoms with E-state index in [2.05, 4.69) is 27.0 Å². The van der Waals surface area contributed by atoms with Gasteiger partial charge in [-0.3, -0.25) is 14.7 Å². The Bertz CT molecular complexity index is 478. The van der Waals surface area contributed by atoms with Gasteiger partial charge in [0.25, 0.3) is 0 Å². The lowest BCUT2D eigenvalue weighted by Crippen LogP contribution is -2.54. The van der Waals surface area contributed by atoms with Gasteiger partial charge in [-0.15, -0.1) is 24.0 Å². The van der Waals surface area contributed by atoms with E-state index in [-0.39, 0.29) is 24.0 Å². The molecule has 1 N–H and O–H groups in total. The second kappa shape index (κ2) is 10.1. The first-order chi connectivity index (χ1) is 12.1. The predicted molar refractivity (Wildman–Crippen MR) is 117 cm³/mol. The zero-order valence-electron chi connectivity index (χ0n) is 16.5. The van der Waals surface area contributed by atoms with Gasteiger partial charge in [-0.1, -0.05) is 19.8 Å². The van der Waals surface area contributed by atoms with Crippen LogP contribution in [0.25, 0.3) is 0 Å². The fourth-order valence-corrected chi connectivity index (χ4v) is 4.41. The molecule has 0 unspecified atom stereocenters. The van der Waals surface area contributed by atoms with Crippen LogP contribution in [0.3, 0.4) is 0 Å².